The van der Waals surface area contributed by atoms with Crippen LogP contribution >= 0.6 is 0 Å². The van der Waals surface area contributed by atoms with Gasteiger partial charge in [-0.05, 0) is 19.8 Å². The van der Waals surface area contributed by atoms with E-state index in [2.05, 4.69) is 30.1 Å². The van der Waals surface area contributed by atoms with Gasteiger partial charge in [-0.25, -0.2) is 0 Å². The van der Waals surface area contributed by atoms with E-state index >= 15 is 0 Å². The van der Waals surface area contributed by atoms with Crippen molar-refractivity contribution in [1.29, 1.82) is 0 Å². The van der Waals surface area contributed by atoms with E-state index in [9.17, 15) is 0 Å². The predicted molar refractivity (Wildman–Crippen MR) is 57.4 cm³/mol. The number of nitrogens with one attached hydrogen (secondary N) is 1. The van der Waals surface area contributed by atoms with Crippen molar-refractivity contribution in [2.45, 2.75) is 33.2 Å². The number of nitrogens with two attached hydrogens (primary N) is 1. The van der Waals surface area contributed by atoms with Crippen molar-refractivity contribution in [2.75, 3.05) is 6.54 Å². The zero-order chi connectivity index (χ0) is 10.5. The monoisotopic (exact) mass is 181 g/mol. The van der Waals surface area contributed by atoms with Gasteiger partial charge in [0.05, 0.1) is 5.54 Å². The van der Waals surface area contributed by atoms with Crippen LogP contribution in [-0.4, -0.2) is 18.0 Å². The first-order valence-corrected chi connectivity index (χ1v) is 4.43. The van der Waals surface area contributed by atoms with Gasteiger partial charge in [0.2, 0.25) is 0 Å². The number of nitrogens with zero attached hydrogens (tertiary/aromatic N) is 1. The molecule has 0 fully saturated rings. The molecule has 0 saturated carbocycles. The molecule has 0 rings (SSSR count). The van der Waals surface area contributed by atoms with Crippen molar-refractivity contribution in [3.63, 3.8) is 0 Å². The first kappa shape index (κ1) is 11.8. The topological polar surface area (TPSA) is 50.4 Å². The highest BCUT2D eigenvalue weighted by molar-refractivity contribution is 5.79. The molecule has 0 saturated heterocycles. The van der Waals surface area contributed by atoms with Crippen LogP contribution in [-0.2, 0) is 0 Å². The van der Waals surface area contributed by atoms with Gasteiger partial charge in [0.25, 0.3) is 0 Å². The first-order valence-electron chi connectivity index (χ1n) is 4.43. The van der Waals surface area contributed by atoms with Crippen LogP contribution in [0.4, 0.5) is 0 Å². The summed E-state index contributed by atoms with van der Waals surface area (Å²) in [6.45, 7) is 8.65. The van der Waals surface area contributed by atoms with Crippen molar-refractivity contribution in [3.05, 3.63) is 0 Å². The average molecular weight is 181 g/mol. The van der Waals surface area contributed by atoms with E-state index in [1.54, 1.807) is 0 Å². The summed E-state index contributed by atoms with van der Waals surface area (Å²) in [4.78, 5) is 4.14. The number of terminal acetylenes is 1. The van der Waals surface area contributed by atoms with Gasteiger partial charge < -0.3 is 11.1 Å². The lowest BCUT2D eigenvalue weighted by Crippen LogP contribution is -2.46. The quantitative estimate of drug-likeness (QED) is 0.387. The molecule has 0 aromatic heterocycles. The van der Waals surface area contributed by atoms with E-state index in [4.69, 9.17) is 12.2 Å². The summed E-state index contributed by atoms with van der Waals surface area (Å²) in [5.74, 6) is 3.51. The summed E-state index contributed by atoms with van der Waals surface area (Å²) in [5.41, 5.74) is 5.20. The summed E-state index contributed by atoms with van der Waals surface area (Å²) in [7, 11) is 0. The Morgan fingerprint density at radius 1 is 1.62 bits per heavy atom. The number of rotatable bonds is 3. The van der Waals surface area contributed by atoms with Gasteiger partial charge in [-0.3, -0.25) is 4.99 Å². The maximum Gasteiger partial charge on any atom is 0.189 e. The Morgan fingerprint density at radius 2 is 2.15 bits per heavy atom. The highest BCUT2D eigenvalue weighted by Crippen LogP contribution is 1.98. The van der Waals surface area contributed by atoms with Crippen LogP contribution in [0.2, 0.25) is 0 Å². The summed E-state index contributed by atoms with van der Waals surface area (Å²) < 4.78 is 0. The normalized spacial score (nSPS) is 12.8. The standard InChI is InChI=1S/C10H19N3/c1-6-10(4,5)13-9(11)12-7-8(2)3/h1,8H,7H2,2-5H3,(H3,11,12,13). The zero-order valence-corrected chi connectivity index (χ0v) is 8.89. The third-order valence-corrected chi connectivity index (χ3v) is 1.43. The molecule has 0 unspecified atom stereocenters. The number of aliphatic imine (C=N–C) groups is 1. The van der Waals surface area contributed by atoms with E-state index < -0.39 is 5.54 Å². The Hall–Kier alpha value is -1.17. The van der Waals surface area contributed by atoms with Gasteiger partial charge in [-0.15, -0.1) is 6.42 Å². The molecule has 0 radical (unpaired) electrons. The Kier molecular flexibility index (Phi) is 4.33. The van der Waals surface area contributed by atoms with Crippen LogP contribution in [0.15, 0.2) is 4.99 Å². The van der Waals surface area contributed by atoms with E-state index in [-0.39, 0.29) is 0 Å². The van der Waals surface area contributed by atoms with Crippen LogP contribution in [0.5, 0.6) is 0 Å². The average Bonchev–Trinajstić information content (AvgIpc) is 2.00. The van der Waals surface area contributed by atoms with Gasteiger partial charge in [0.15, 0.2) is 5.96 Å². The second-order valence-electron chi connectivity index (χ2n) is 4.01. The Morgan fingerprint density at radius 3 is 2.54 bits per heavy atom. The lowest BCUT2D eigenvalue weighted by Gasteiger charge is -2.20. The second-order valence-corrected chi connectivity index (χ2v) is 4.01. The summed E-state index contributed by atoms with van der Waals surface area (Å²) in [6.07, 6.45) is 5.29. The molecule has 0 amide bonds. The number of guanidine groups is 1. The van der Waals surface area contributed by atoms with E-state index in [0.717, 1.165) is 6.54 Å². The molecule has 3 N–H and O–H groups in total. The van der Waals surface area contributed by atoms with Gasteiger partial charge >= 0.3 is 0 Å². The largest absolute Gasteiger partial charge is 0.370 e. The molecular weight excluding hydrogens is 162 g/mol. The molecule has 74 valence electrons. The van der Waals surface area contributed by atoms with Crippen LogP contribution in [0, 0.1) is 18.3 Å². The Labute approximate surface area is 80.8 Å². The molecule has 0 bridgehead atoms. The maximum atomic E-state index is 5.63. The molecule has 0 aliphatic carbocycles. The van der Waals surface area contributed by atoms with Crippen molar-refractivity contribution in [2.24, 2.45) is 16.6 Å². The lowest BCUT2D eigenvalue weighted by molar-refractivity contribution is 0.588. The van der Waals surface area contributed by atoms with Crippen molar-refractivity contribution < 1.29 is 0 Å². The van der Waals surface area contributed by atoms with Crippen molar-refractivity contribution >= 4 is 5.96 Å². The van der Waals surface area contributed by atoms with Gasteiger partial charge in [-0.1, -0.05) is 19.8 Å². The Bertz CT molecular complexity index is 221. The molecule has 0 aliphatic rings. The van der Waals surface area contributed by atoms with E-state index in [0.29, 0.717) is 11.9 Å². The summed E-state index contributed by atoms with van der Waals surface area (Å²) in [5, 5.41) is 2.95. The highest BCUT2D eigenvalue weighted by Gasteiger charge is 2.13. The maximum absolute atomic E-state index is 5.63. The van der Waals surface area contributed by atoms with Gasteiger partial charge in [0, 0.05) is 6.54 Å². The molecule has 0 aliphatic heterocycles. The summed E-state index contributed by atoms with van der Waals surface area (Å²) in [6, 6.07) is 0. The van der Waals surface area contributed by atoms with E-state index in [1.807, 2.05) is 13.8 Å². The van der Waals surface area contributed by atoms with Crippen LogP contribution < -0.4 is 11.1 Å². The fraction of sp³-hybridized carbons (Fsp3) is 0.700. The lowest BCUT2D eigenvalue weighted by atomic mass is 10.1. The van der Waals surface area contributed by atoms with E-state index in [1.165, 1.54) is 0 Å². The third kappa shape index (κ3) is 6.03. The molecule has 0 aromatic rings. The fourth-order valence-corrected chi connectivity index (χ4v) is 0.677. The number of hydrogen-bond donors (Lipinski definition) is 2. The highest BCUT2D eigenvalue weighted by atomic mass is 15.1. The second kappa shape index (κ2) is 4.76. The minimum atomic E-state index is -0.426. The minimum Gasteiger partial charge on any atom is -0.370 e. The van der Waals surface area contributed by atoms with Crippen LogP contribution in [0.25, 0.3) is 0 Å². The van der Waals surface area contributed by atoms with Gasteiger partial charge in [0.1, 0.15) is 0 Å². The minimum absolute atomic E-state index is 0.414. The first-order chi connectivity index (χ1) is 5.87. The zero-order valence-electron chi connectivity index (χ0n) is 8.89. The summed E-state index contributed by atoms with van der Waals surface area (Å²) >= 11 is 0. The predicted octanol–water partition coefficient (Wildman–Crippen LogP) is 0.959. The molecule has 13 heavy (non-hydrogen) atoms. The van der Waals surface area contributed by atoms with Crippen LogP contribution in [0.3, 0.4) is 0 Å². The molecule has 3 nitrogen and oxygen atoms in total. The molecular formula is C10H19N3. The van der Waals surface area contributed by atoms with Crippen molar-refractivity contribution in [1.82, 2.24) is 5.32 Å². The molecule has 0 heterocycles. The Balaban J connectivity index is 4.08. The van der Waals surface area contributed by atoms with Gasteiger partial charge in [-0.2, -0.15) is 0 Å². The molecule has 0 spiro atoms. The molecule has 3 heteroatoms. The number of hydrogen-bond acceptors (Lipinski definition) is 1. The van der Waals surface area contributed by atoms with Crippen molar-refractivity contribution in [3.8, 4) is 12.3 Å². The fourth-order valence-electron chi connectivity index (χ4n) is 0.677. The molecule has 0 aromatic carbocycles. The SMILES string of the molecule is C#CC(C)(C)NC(N)=NCC(C)C. The smallest absolute Gasteiger partial charge is 0.189 e. The molecule has 0 atom stereocenters. The van der Waals surface area contributed by atoms with Crippen LogP contribution in [0.1, 0.15) is 27.7 Å². The third-order valence-electron chi connectivity index (χ3n) is 1.43.